The molecule has 1 fully saturated rings. The van der Waals surface area contributed by atoms with E-state index in [1.807, 2.05) is 0 Å². The molecule has 0 aromatic rings. The number of aliphatic hydroxyl groups is 1. The lowest BCUT2D eigenvalue weighted by Gasteiger charge is -2.26. The summed E-state index contributed by atoms with van der Waals surface area (Å²) in [5.74, 6) is 0. The van der Waals surface area contributed by atoms with Crippen molar-refractivity contribution in [2.24, 2.45) is 0 Å². The van der Waals surface area contributed by atoms with Gasteiger partial charge in [0.2, 0.25) is 0 Å². The summed E-state index contributed by atoms with van der Waals surface area (Å²) in [6.45, 7) is 2.03. The van der Waals surface area contributed by atoms with Gasteiger partial charge in [-0.25, -0.2) is 4.79 Å². The van der Waals surface area contributed by atoms with Crippen LogP contribution in [0, 0.1) is 0 Å². The fourth-order valence-corrected chi connectivity index (χ4v) is 1.49. The first-order valence-electron chi connectivity index (χ1n) is 4.75. The zero-order valence-corrected chi connectivity index (χ0v) is 7.86. The van der Waals surface area contributed by atoms with Gasteiger partial charge in [-0.15, -0.1) is 0 Å². The van der Waals surface area contributed by atoms with E-state index >= 15 is 0 Å². The topological polar surface area (TPSA) is 55.8 Å². The molecule has 1 saturated carbocycles. The molecule has 13 heavy (non-hydrogen) atoms. The highest BCUT2D eigenvalue weighted by atomic mass is 16.7. The SMILES string of the molecule is CCOC(=O)OC1CCCCC1O. The minimum absolute atomic E-state index is 0.307. The van der Waals surface area contributed by atoms with Crippen LogP contribution < -0.4 is 0 Å². The zero-order valence-electron chi connectivity index (χ0n) is 7.86. The van der Waals surface area contributed by atoms with Crippen molar-refractivity contribution in [2.75, 3.05) is 6.61 Å². The van der Waals surface area contributed by atoms with E-state index in [2.05, 4.69) is 4.74 Å². The maximum Gasteiger partial charge on any atom is 0.508 e. The Labute approximate surface area is 77.8 Å². The molecule has 0 radical (unpaired) electrons. The summed E-state index contributed by atoms with van der Waals surface area (Å²) < 4.78 is 9.55. The summed E-state index contributed by atoms with van der Waals surface area (Å²) in [7, 11) is 0. The van der Waals surface area contributed by atoms with Crippen LogP contribution in [0.4, 0.5) is 4.79 Å². The molecule has 2 unspecified atom stereocenters. The second-order valence-electron chi connectivity index (χ2n) is 3.19. The van der Waals surface area contributed by atoms with Crippen LogP contribution >= 0.6 is 0 Å². The summed E-state index contributed by atoms with van der Waals surface area (Å²) in [5.41, 5.74) is 0. The minimum atomic E-state index is -0.673. The van der Waals surface area contributed by atoms with Crippen LogP contribution in [0.25, 0.3) is 0 Å². The van der Waals surface area contributed by atoms with Crippen molar-refractivity contribution in [3.8, 4) is 0 Å². The molecule has 0 saturated heterocycles. The molecule has 4 nitrogen and oxygen atoms in total. The molecule has 0 aliphatic heterocycles. The molecule has 0 bridgehead atoms. The summed E-state index contributed by atoms with van der Waals surface area (Å²) in [4.78, 5) is 10.9. The molecule has 76 valence electrons. The lowest BCUT2D eigenvalue weighted by Crippen LogP contribution is -2.34. The van der Waals surface area contributed by atoms with E-state index in [1.54, 1.807) is 6.92 Å². The quantitative estimate of drug-likeness (QED) is 0.666. The van der Waals surface area contributed by atoms with Gasteiger partial charge in [-0.2, -0.15) is 0 Å². The van der Waals surface area contributed by atoms with Crippen molar-refractivity contribution >= 4 is 6.16 Å². The number of carbonyl (C=O) groups excluding carboxylic acids is 1. The largest absolute Gasteiger partial charge is 0.508 e. The fourth-order valence-electron chi connectivity index (χ4n) is 1.49. The van der Waals surface area contributed by atoms with E-state index in [4.69, 9.17) is 4.74 Å². The maximum absolute atomic E-state index is 10.9. The third-order valence-electron chi connectivity index (χ3n) is 2.18. The van der Waals surface area contributed by atoms with Crippen LogP contribution in [-0.2, 0) is 9.47 Å². The van der Waals surface area contributed by atoms with E-state index in [0.29, 0.717) is 13.0 Å². The van der Waals surface area contributed by atoms with E-state index < -0.39 is 12.3 Å². The van der Waals surface area contributed by atoms with Gasteiger partial charge in [-0.1, -0.05) is 6.42 Å². The third kappa shape index (κ3) is 3.22. The van der Waals surface area contributed by atoms with Crippen LogP contribution in [0.5, 0.6) is 0 Å². The molecule has 4 heteroatoms. The first-order valence-corrected chi connectivity index (χ1v) is 4.75. The highest BCUT2D eigenvalue weighted by Gasteiger charge is 2.26. The summed E-state index contributed by atoms with van der Waals surface area (Å²) in [6, 6.07) is 0. The molecular weight excluding hydrogens is 172 g/mol. The van der Waals surface area contributed by atoms with Crippen LogP contribution in [0.3, 0.4) is 0 Å². The second-order valence-corrected chi connectivity index (χ2v) is 3.19. The standard InChI is InChI=1S/C9H16O4/c1-2-12-9(11)13-8-6-4-3-5-7(8)10/h7-8,10H,2-6H2,1H3. The van der Waals surface area contributed by atoms with Gasteiger partial charge in [0.1, 0.15) is 6.10 Å². The highest BCUT2D eigenvalue weighted by Crippen LogP contribution is 2.21. The first kappa shape index (κ1) is 10.3. The number of rotatable bonds is 2. The Kier molecular flexibility index (Phi) is 4.02. The lowest BCUT2D eigenvalue weighted by molar-refractivity contribution is -0.0480. The Morgan fingerprint density at radius 2 is 2.15 bits per heavy atom. The molecule has 1 N–H and O–H groups in total. The normalized spacial score (nSPS) is 28.2. The molecule has 0 spiro atoms. The van der Waals surface area contributed by atoms with Gasteiger partial charge in [-0.3, -0.25) is 0 Å². The Balaban J connectivity index is 2.29. The third-order valence-corrected chi connectivity index (χ3v) is 2.18. The van der Waals surface area contributed by atoms with Crippen molar-refractivity contribution in [1.82, 2.24) is 0 Å². The van der Waals surface area contributed by atoms with Crippen LogP contribution in [0.15, 0.2) is 0 Å². The highest BCUT2D eigenvalue weighted by molar-refractivity contribution is 5.60. The van der Waals surface area contributed by atoms with Gasteiger partial charge < -0.3 is 14.6 Å². The van der Waals surface area contributed by atoms with Crippen LogP contribution in [0.1, 0.15) is 32.6 Å². The van der Waals surface area contributed by atoms with E-state index in [9.17, 15) is 9.90 Å². The monoisotopic (exact) mass is 188 g/mol. The molecule has 1 aliphatic rings. The van der Waals surface area contributed by atoms with E-state index in [0.717, 1.165) is 19.3 Å². The molecule has 1 aliphatic carbocycles. The Bertz CT molecular complexity index is 169. The van der Waals surface area contributed by atoms with Gasteiger partial charge in [-0.05, 0) is 26.2 Å². The average Bonchev–Trinajstić information content (AvgIpc) is 2.09. The average molecular weight is 188 g/mol. The molecule has 0 heterocycles. The Morgan fingerprint density at radius 3 is 2.77 bits per heavy atom. The van der Waals surface area contributed by atoms with Crippen molar-refractivity contribution in [3.05, 3.63) is 0 Å². The molecule has 0 aromatic carbocycles. The van der Waals surface area contributed by atoms with E-state index in [-0.39, 0.29) is 6.10 Å². The Hall–Kier alpha value is -0.770. The summed E-state index contributed by atoms with van der Waals surface area (Å²) in [6.07, 6.45) is 1.90. The predicted molar refractivity (Wildman–Crippen MR) is 46.4 cm³/mol. The molecule has 2 atom stereocenters. The summed E-state index contributed by atoms with van der Waals surface area (Å²) >= 11 is 0. The van der Waals surface area contributed by atoms with Crippen LogP contribution in [-0.4, -0.2) is 30.1 Å². The van der Waals surface area contributed by atoms with Crippen molar-refractivity contribution in [3.63, 3.8) is 0 Å². The first-order chi connectivity index (χ1) is 6.24. The molecule has 0 aromatic heterocycles. The fraction of sp³-hybridized carbons (Fsp3) is 0.889. The van der Waals surface area contributed by atoms with Gasteiger partial charge in [0.05, 0.1) is 12.7 Å². The predicted octanol–water partition coefficient (Wildman–Crippen LogP) is 1.46. The number of ether oxygens (including phenoxy) is 2. The van der Waals surface area contributed by atoms with Crippen LogP contribution in [0.2, 0.25) is 0 Å². The van der Waals surface area contributed by atoms with Crippen molar-refractivity contribution in [2.45, 2.75) is 44.8 Å². The summed E-state index contributed by atoms with van der Waals surface area (Å²) in [5, 5.41) is 9.45. The molecular formula is C9H16O4. The van der Waals surface area contributed by atoms with Gasteiger partial charge in [0.15, 0.2) is 0 Å². The zero-order chi connectivity index (χ0) is 9.68. The number of hydrogen-bond donors (Lipinski definition) is 1. The van der Waals surface area contributed by atoms with E-state index in [1.165, 1.54) is 0 Å². The second kappa shape index (κ2) is 5.07. The van der Waals surface area contributed by atoms with Gasteiger partial charge >= 0.3 is 6.16 Å². The molecule has 1 rings (SSSR count). The number of hydrogen-bond acceptors (Lipinski definition) is 4. The van der Waals surface area contributed by atoms with Crippen molar-refractivity contribution in [1.29, 1.82) is 0 Å². The maximum atomic E-state index is 10.9. The minimum Gasteiger partial charge on any atom is -0.435 e. The van der Waals surface area contributed by atoms with Crippen molar-refractivity contribution < 1.29 is 19.4 Å². The molecule has 0 amide bonds. The Morgan fingerprint density at radius 1 is 1.46 bits per heavy atom. The van der Waals surface area contributed by atoms with Gasteiger partial charge in [0.25, 0.3) is 0 Å². The number of aliphatic hydroxyl groups excluding tert-OH is 1. The number of carbonyl (C=O) groups is 1. The lowest BCUT2D eigenvalue weighted by atomic mass is 9.95. The smallest absolute Gasteiger partial charge is 0.435 e. The van der Waals surface area contributed by atoms with Gasteiger partial charge in [0, 0.05) is 0 Å².